The Balaban J connectivity index is 2.48. The van der Waals surface area contributed by atoms with Gasteiger partial charge in [0.05, 0.1) is 5.54 Å². The lowest BCUT2D eigenvalue weighted by Gasteiger charge is -2.48. The number of hydrogen-bond donors (Lipinski definition) is 0. The fourth-order valence-electron chi connectivity index (χ4n) is 3.50. The molecule has 0 amide bonds. The Hall–Kier alpha value is -0.973. The molecule has 1 aromatic carbocycles. The summed E-state index contributed by atoms with van der Waals surface area (Å²) >= 11 is 0. The minimum absolute atomic E-state index is 0.0650. The molecule has 21 heavy (non-hydrogen) atoms. The first-order valence-electron chi connectivity index (χ1n) is 7.81. The van der Waals surface area contributed by atoms with Gasteiger partial charge in [0.15, 0.2) is 9.04 Å². The van der Waals surface area contributed by atoms with Crippen LogP contribution in [0, 0.1) is 5.41 Å². The lowest BCUT2D eigenvalue weighted by Crippen LogP contribution is -2.51. The van der Waals surface area contributed by atoms with E-state index in [1.165, 1.54) is 5.56 Å². The average Bonchev–Trinajstić information content (AvgIpc) is 2.82. The number of rotatable bonds is 4. The Morgan fingerprint density at radius 3 is 2.33 bits per heavy atom. The zero-order valence-corrected chi connectivity index (χ0v) is 15.0. The topological polar surface area (TPSA) is 29.5 Å². The number of carbonyl (C=O) groups is 1. The molecule has 0 radical (unpaired) electrons. The lowest BCUT2D eigenvalue weighted by atomic mass is 9.68. The van der Waals surface area contributed by atoms with Gasteiger partial charge >= 0.3 is 0 Å². The van der Waals surface area contributed by atoms with E-state index in [1.807, 2.05) is 12.1 Å². The Kier molecular flexibility index (Phi) is 4.71. The third-order valence-corrected chi connectivity index (χ3v) is 5.10. The van der Waals surface area contributed by atoms with Gasteiger partial charge in [0.1, 0.15) is 6.29 Å². The highest BCUT2D eigenvalue weighted by Gasteiger charge is 2.51. The number of aldehydes is 1. The molecule has 0 N–H and O–H groups in total. The second kappa shape index (κ2) is 6.03. The largest absolute Gasteiger partial charge is 0.346 e. The van der Waals surface area contributed by atoms with Crippen molar-refractivity contribution in [3.05, 3.63) is 35.4 Å². The molecule has 2 rings (SSSR count). The molecule has 0 bridgehead atoms. The summed E-state index contributed by atoms with van der Waals surface area (Å²) in [5.41, 5.74) is 1.94. The van der Waals surface area contributed by atoms with E-state index in [1.54, 1.807) is 0 Å². The van der Waals surface area contributed by atoms with Crippen LogP contribution in [0.25, 0.3) is 0 Å². The molecule has 1 unspecified atom stereocenters. The summed E-state index contributed by atoms with van der Waals surface area (Å²) in [5.74, 6) is 0. The molecule has 0 aromatic heterocycles. The Morgan fingerprint density at radius 1 is 1.24 bits per heavy atom. The molecule has 1 aromatic rings. The van der Waals surface area contributed by atoms with Gasteiger partial charge < -0.3 is 4.53 Å². The first kappa shape index (κ1) is 16.4. The van der Waals surface area contributed by atoms with Crippen molar-refractivity contribution in [2.75, 3.05) is 6.54 Å². The van der Waals surface area contributed by atoms with Gasteiger partial charge in [-0.25, -0.2) is 0 Å². The van der Waals surface area contributed by atoms with E-state index in [4.69, 9.17) is 4.53 Å². The molecule has 1 fully saturated rings. The van der Waals surface area contributed by atoms with Crippen molar-refractivity contribution in [1.29, 1.82) is 0 Å². The van der Waals surface area contributed by atoms with Gasteiger partial charge in [-0.1, -0.05) is 45.0 Å². The third kappa shape index (κ3) is 2.98. The van der Waals surface area contributed by atoms with Crippen molar-refractivity contribution in [3.63, 3.8) is 0 Å². The van der Waals surface area contributed by atoms with Gasteiger partial charge in [-0.05, 0) is 36.9 Å². The van der Waals surface area contributed by atoms with Crippen LogP contribution < -0.4 is 0 Å². The highest BCUT2D eigenvalue weighted by molar-refractivity contribution is 6.48. The summed E-state index contributed by atoms with van der Waals surface area (Å²) < 4.78 is 6.27. The molecule has 1 heterocycles. The maximum Gasteiger partial charge on any atom is 0.199 e. The molecule has 1 saturated heterocycles. The first-order valence-corrected chi connectivity index (χ1v) is 10.6. The van der Waals surface area contributed by atoms with Crippen LogP contribution in [-0.2, 0) is 10.1 Å². The molecule has 0 aliphatic carbocycles. The highest BCUT2D eigenvalue weighted by Crippen LogP contribution is 2.51. The van der Waals surface area contributed by atoms with Crippen molar-refractivity contribution in [2.24, 2.45) is 5.41 Å². The second-order valence-corrected chi connectivity index (χ2v) is 9.52. The zero-order valence-electron chi connectivity index (χ0n) is 13.8. The van der Waals surface area contributed by atoms with E-state index in [9.17, 15) is 4.79 Å². The molecule has 1 aliphatic rings. The van der Waals surface area contributed by atoms with E-state index in [0.29, 0.717) is 0 Å². The minimum atomic E-state index is -1.15. The molecular formula is C17H27NO2Si. The number of hydrogen-bond acceptors (Lipinski definition) is 3. The Bertz CT molecular complexity index is 493. The number of benzene rings is 1. The molecular weight excluding hydrogens is 278 g/mol. The number of nitrogens with zero attached hydrogens (tertiary/aromatic N) is 1. The SMILES string of the molecule is C[SiH](C)ON1CCCC1(c1ccc(C=O)cc1)C(C)(C)C. The van der Waals surface area contributed by atoms with Crippen LogP contribution in [0.1, 0.15) is 49.5 Å². The molecule has 0 spiro atoms. The third-order valence-electron chi connectivity index (χ3n) is 4.43. The molecule has 1 aliphatic heterocycles. The summed E-state index contributed by atoms with van der Waals surface area (Å²) in [5, 5.41) is 2.24. The van der Waals surface area contributed by atoms with Crippen LogP contribution in [0.2, 0.25) is 13.1 Å². The number of hydroxylamine groups is 2. The van der Waals surface area contributed by atoms with E-state index < -0.39 is 9.04 Å². The first-order chi connectivity index (χ1) is 9.81. The molecule has 4 heteroatoms. The Morgan fingerprint density at radius 2 is 1.86 bits per heavy atom. The minimum Gasteiger partial charge on any atom is -0.346 e. The zero-order chi connectivity index (χ0) is 15.7. The van der Waals surface area contributed by atoms with E-state index >= 15 is 0 Å². The maximum absolute atomic E-state index is 10.9. The standard InChI is InChI=1S/C17H27NO2Si/c1-16(2,3)17(11-6-12-18(17)20-21(4)5)15-9-7-14(13-19)8-10-15/h7-10,13,21H,6,11-12H2,1-5H3. The van der Waals surface area contributed by atoms with Gasteiger partial charge in [0.2, 0.25) is 0 Å². The average molecular weight is 305 g/mol. The van der Waals surface area contributed by atoms with Crippen LogP contribution in [0.5, 0.6) is 0 Å². The Labute approximate surface area is 130 Å². The van der Waals surface area contributed by atoms with Gasteiger partial charge in [-0.3, -0.25) is 4.79 Å². The van der Waals surface area contributed by atoms with Crippen molar-refractivity contribution in [1.82, 2.24) is 5.06 Å². The summed E-state index contributed by atoms with van der Waals surface area (Å²) in [6, 6.07) is 8.02. The van der Waals surface area contributed by atoms with Gasteiger partial charge in [0.25, 0.3) is 0 Å². The molecule has 116 valence electrons. The van der Waals surface area contributed by atoms with E-state index in [-0.39, 0.29) is 11.0 Å². The van der Waals surface area contributed by atoms with Gasteiger partial charge in [0, 0.05) is 12.1 Å². The fraction of sp³-hybridized carbons (Fsp3) is 0.588. The highest BCUT2D eigenvalue weighted by atomic mass is 28.3. The van der Waals surface area contributed by atoms with Crippen LogP contribution in [0.15, 0.2) is 24.3 Å². The monoisotopic (exact) mass is 305 g/mol. The second-order valence-electron chi connectivity index (χ2n) is 7.21. The quantitative estimate of drug-likeness (QED) is 0.627. The van der Waals surface area contributed by atoms with Gasteiger partial charge in [-0.15, -0.1) is 0 Å². The smallest absolute Gasteiger partial charge is 0.199 e. The number of carbonyl (C=O) groups excluding carboxylic acids is 1. The normalized spacial score (nSPS) is 23.7. The van der Waals surface area contributed by atoms with Crippen molar-refractivity contribution >= 4 is 15.3 Å². The van der Waals surface area contributed by atoms with Gasteiger partial charge in [-0.2, -0.15) is 5.06 Å². The van der Waals surface area contributed by atoms with E-state index in [2.05, 4.69) is 51.1 Å². The predicted molar refractivity (Wildman–Crippen MR) is 88.9 cm³/mol. The van der Waals surface area contributed by atoms with Crippen LogP contribution in [0.4, 0.5) is 0 Å². The summed E-state index contributed by atoms with van der Waals surface area (Å²) in [7, 11) is -1.15. The maximum atomic E-state index is 10.9. The van der Waals surface area contributed by atoms with Crippen molar-refractivity contribution < 1.29 is 9.32 Å². The predicted octanol–water partition coefficient (Wildman–Crippen LogP) is 3.75. The summed E-state index contributed by atoms with van der Waals surface area (Å²) in [4.78, 5) is 10.9. The molecule has 0 saturated carbocycles. The molecule has 3 nitrogen and oxygen atoms in total. The summed E-state index contributed by atoms with van der Waals surface area (Å²) in [6.45, 7) is 12.2. The fourth-order valence-corrected chi connectivity index (χ4v) is 4.29. The van der Waals surface area contributed by atoms with Crippen LogP contribution >= 0.6 is 0 Å². The van der Waals surface area contributed by atoms with E-state index in [0.717, 1.165) is 31.2 Å². The summed E-state index contributed by atoms with van der Waals surface area (Å²) in [6.07, 6.45) is 3.14. The van der Waals surface area contributed by atoms with Crippen molar-refractivity contribution in [2.45, 2.75) is 52.2 Å². The lowest BCUT2D eigenvalue weighted by molar-refractivity contribution is -0.167. The van der Waals surface area contributed by atoms with Crippen LogP contribution in [-0.4, -0.2) is 26.9 Å². The van der Waals surface area contributed by atoms with Crippen molar-refractivity contribution in [3.8, 4) is 0 Å². The molecule has 1 atom stereocenters. The van der Waals surface area contributed by atoms with Crippen LogP contribution in [0.3, 0.4) is 0 Å².